The van der Waals surface area contributed by atoms with Gasteiger partial charge in [0.25, 0.3) is 0 Å². The van der Waals surface area contributed by atoms with E-state index in [0.717, 1.165) is 11.1 Å². The van der Waals surface area contributed by atoms with Crippen molar-refractivity contribution in [3.05, 3.63) is 72.1 Å². The van der Waals surface area contributed by atoms with E-state index in [0.29, 0.717) is 24.6 Å². The van der Waals surface area contributed by atoms with Crippen molar-refractivity contribution in [2.75, 3.05) is 6.54 Å². The zero-order chi connectivity index (χ0) is 19.6. The summed E-state index contributed by atoms with van der Waals surface area (Å²) in [6.07, 6.45) is 2.16. The summed E-state index contributed by atoms with van der Waals surface area (Å²) in [5, 5.41) is 12.8. The molecular weight excluding hydrogens is 344 g/mol. The number of aliphatic hydroxyl groups is 1. The highest BCUT2D eigenvalue weighted by molar-refractivity contribution is 5.73. The number of hydrogen-bond donors (Lipinski definition) is 4. The van der Waals surface area contributed by atoms with Crippen LogP contribution in [-0.2, 0) is 6.61 Å². The SMILES string of the molecule is C=CC(C)CNC(=O)NNC(O)c1cc(C)c(OCc2ccccc2)cn1. The Labute approximate surface area is 159 Å². The number of ether oxygens (including phenoxy) is 1. The maximum absolute atomic E-state index is 11.7. The van der Waals surface area contributed by atoms with Crippen molar-refractivity contribution in [1.29, 1.82) is 0 Å². The van der Waals surface area contributed by atoms with E-state index in [1.807, 2.05) is 44.2 Å². The number of aryl methyl sites for hydroxylation is 1. The number of benzene rings is 1. The van der Waals surface area contributed by atoms with Crippen LogP contribution in [0.5, 0.6) is 5.75 Å². The van der Waals surface area contributed by atoms with Crippen molar-refractivity contribution in [3.63, 3.8) is 0 Å². The van der Waals surface area contributed by atoms with Gasteiger partial charge in [-0.15, -0.1) is 6.58 Å². The molecule has 1 heterocycles. The minimum Gasteiger partial charge on any atom is -0.487 e. The lowest BCUT2D eigenvalue weighted by Gasteiger charge is -2.16. The molecule has 2 rings (SSSR count). The van der Waals surface area contributed by atoms with Crippen LogP contribution in [0.15, 0.2) is 55.3 Å². The quantitative estimate of drug-likeness (QED) is 0.309. The summed E-state index contributed by atoms with van der Waals surface area (Å²) in [6, 6.07) is 11.1. The van der Waals surface area contributed by atoms with Crippen LogP contribution in [0.25, 0.3) is 0 Å². The molecule has 2 aromatic rings. The monoisotopic (exact) mass is 370 g/mol. The number of aromatic nitrogens is 1. The third-order valence-electron chi connectivity index (χ3n) is 3.91. The summed E-state index contributed by atoms with van der Waals surface area (Å²) >= 11 is 0. The Bertz CT molecular complexity index is 752. The molecule has 0 fully saturated rings. The minimum atomic E-state index is -1.14. The molecule has 4 N–H and O–H groups in total. The third kappa shape index (κ3) is 6.73. The summed E-state index contributed by atoms with van der Waals surface area (Å²) < 4.78 is 5.77. The molecule has 0 radical (unpaired) electrons. The predicted molar refractivity (Wildman–Crippen MR) is 104 cm³/mol. The fourth-order valence-corrected chi connectivity index (χ4v) is 2.19. The number of carbonyl (C=O) groups excluding carboxylic acids is 1. The molecule has 2 unspecified atom stereocenters. The van der Waals surface area contributed by atoms with Gasteiger partial charge in [-0.25, -0.2) is 4.79 Å². The lowest BCUT2D eigenvalue weighted by Crippen LogP contribution is -2.46. The van der Waals surface area contributed by atoms with Gasteiger partial charge < -0.3 is 15.2 Å². The Morgan fingerprint density at radius 1 is 1.37 bits per heavy atom. The molecule has 27 heavy (non-hydrogen) atoms. The van der Waals surface area contributed by atoms with Gasteiger partial charge >= 0.3 is 6.03 Å². The van der Waals surface area contributed by atoms with Gasteiger partial charge in [0.15, 0.2) is 6.23 Å². The first-order valence-electron chi connectivity index (χ1n) is 8.73. The van der Waals surface area contributed by atoms with Crippen molar-refractivity contribution in [2.24, 2.45) is 5.92 Å². The van der Waals surface area contributed by atoms with Gasteiger partial charge in [-0.3, -0.25) is 10.4 Å². The second-order valence-corrected chi connectivity index (χ2v) is 6.24. The lowest BCUT2D eigenvalue weighted by atomic mass is 10.2. The zero-order valence-electron chi connectivity index (χ0n) is 15.6. The molecule has 144 valence electrons. The zero-order valence-corrected chi connectivity index (χ0v) is 15.6. The molecule has 2 amide bonds. The molecule has 0 saturated heterocycles. The number of hydrogen-bond acceptors (Lipinski definition) is 5. The maximum atomic E-state index is 11.7. The number of aliphatic hydroxyl groups excluding tert-OH is 1. The first kappa shape index (κ1) is 20.4. The summed E-state index contributed by atoms with van der Waals surface area (Å²) in [5.74, 6) is 0.798. The molecule has 0 saturated carbocycles. The Morgan fingerprint density at radius 3 is 2.78 bits per heavy atom. The average Bonchev–Trinajstić information content (AvgIpc) is 2.69. The van der Waals surface area contributed by atoms with Crippen molar-refractivity contribution >= 4 is 6.03 Å². The van der Waals surface area contributed by atoms with Gasteiger partial charge in [0.2, 0.25) is 0 Å². The van der Waals surface area contributed by atoms with Gasteiger partial charge in [0, 0.05) is 6.54 Å². The Morgan fingerprint density at radius 2 is 2.11 bits per heavy atom. The predicted octanol–water partition coefficient (Wildman–Crippen LogP) is 2.59. The molecular formula is C20H26N4O3. The highest BCUT2D eigenvalue weighted by Gasteiger charge is 2.12. The molecule has 7 heteroatoms. The molecule has 0 aliphatic heterocycles. The van der Waals surface area contributed by atoms with Crippen LogP contribution in [-0.4, -0.2) is 22.7 Å². The molecule has 7 nitrogen and oxygen atoms in total. The van der Waals surface area contributed by atoms with Crippen LogP contribution in [0.2, 0.25) is 0 Å². The summed E-state index contributed by atoms with van der Waals surface area (Å²) in [6.45, 7) is 8.35. The maximum Gasteiger partial charge on any atom is 0.329 e. The standard InChI is InChI=1S/C20H26N4O3/c1-4-14(2)11-22-20(26)24-23-19(25)17-10-15(3)18(12-21-17)27-13-16-8-6-5-7-9-16/h4-10,12,14,19,23,25H,1,11,13H2,2-3H3,(H2,22,24,26). The van der Waals surface area contributed by atoms with E-state index in [9.17, 15) is 9.90 Å². The van der Waals surface area contributed by atoms with Crippen molar-refractivity contribution < 1.29 is 14.6 Å². The van der Waals surface area contributed by atoms with Gasteiger partial charge in [-0.05, 0) is 30.0 Å². The highest BCUT2D eigenvalue weighted by Crippen LogP contribution is 2.20. The first-order chi connectivity index (χ1) is 13.0. The van der Waals surface area contributed by atoms with Crippen molar-refractivity contribution in [2.45, 2.75) is 26.7 Å². The summed E-state index contributed by atoms with van der Waals surface area (Å²) in [4.78, 5) is 15.9. The smallest absolute Gasteiger partial charge is 0.329 e. The average molecular weight is 370 g/mol. The summed E-state index contributed by atoms with van der Waals surface area (Å²) in [7, 11) is 0. The summed E-state index contributed by atoms with van der Waals surface area (Å²) in [5.41, 5.74) is 7.16. The second kappa shape index (κ2) is 10.3. The molecule has 1 aromatic carbocycles. The lowest BCUT2D eigenvalue weighted by molar-refractivity contribution is 0.118. The van der Waals surface area contributed by atoms with E-state index in [1.165, 1.54) is 0 Å². The van der Waals surface area contributed by atoms with Gasteiger partial charge in [0.1, 0.15) is 12.4 Å². The van der Waals surface area contributed by atoms with Crippen LogP contribution < -0.4 is 20.9 Å². The number of amides is 2. The molecule has 0 spiro atoms. The van der Waals surface area contributed by atoms with Crippen molar-refractivity contribution in [1.82, 2.24) is 21.2 Å². The number of hydrazine groups is 1. The van der Waals surface area contributed by atoms with Crippen LogP contribution in [0.3, 0.4) is 0 Å². The van der Waals surface area contributed by atoms with E-state index in [1.54, 1.807) is 18.3 Å². The molecule has 0 aliphatic rings. The Hall–Kier alpha value is -2.90. The van der Waals surface area contributed by atoms with Crippen molar-refractivity contribution in [3.8, 4) is 5.75 Å². The van der Waals surface area contributed by atoms with E-state index >= 15 is 0 Å². The highest BCUT2D eigenvalue weighted by atomic mass is 16.5. The van der Waals surface area contributed by atoms with E-state index < -0.39 is 12.3 Å². The van der Waals surface area contributed by atoms with Gasteiger partial charge in [0.05, 0.1) is 11.9 Å². The van der Waals surface area contributed by atoms with E-state index in [-0.39, 0.29) is 5.92 Å². The normalized spacial score (nSPS) is 12.7. The van der Waals surface area contributed by atoms with Gasteiger partial charge in [-0.1, -0.05) is 43.3 Å². The second-order valence-electron chi connectivity index (χ2n) is 6.24. The Balaban J connectivity index is 1.84. The van der Waals surface area contributed by atoms with Crippen LogP contribution in [0.4, 0.5) is 4.79 Å². The molecule has 1 aromatic heterocycles. The number of nitrogens with zero attached hydrogens (tertiary/aromatic N) is 1. The van der Waals surface area contributed by atoms with E-state index in [2.05, 4.69) is 27.7 Å². The minimum absolute atomic E-state index is 0.161. The van der Waals surface area contributed by atoms with Gasteiger partial charge in [-0.2, -0.15) is 5.43 Å². The van der Waals surface area contributed by atoms with Crippen LogP contribution >= 0.6 is 0 Å². The van der Waals surface area contributed by atoms with Crippen LogP contribution in [0.1, 0.15) is 30.0 Å². The fraction of sp³-hybridized carbons (Fsp3) is 0.300. The number of nitrogens with one attached hydrogen (secondary N) is 3. The number of rotatable bonds is 9. The largest absolute Gasteiger partial charge is 0.487 e. The molecule has 0 aliphatic carbocycles. The number of pyridine rings is 1. The van der Waals surface area contributed by atoms with Crippen LogP contribution in [0, 0.1) is 12.8 Å². The molecule has 2 atom stereocenters. The number of urea groups is 1. The Kier molecular flexibility index (Phi) is 7.79. The first-order valence-corrected chi connectivity index (χ1v) is 8.73. The molecule has 0 bridgehead atoms. The van der Waals surface area contributed by atoms with E-state index in [4.69, 9.17) is 4.74 Å². The third-order valence-corrected chi connectivity index (χ3v) is 3.91. The topological polar surface area (TPSA) is 95.5 Å². The fourth-order valence-electron chi connectivity index (χ4n) is 2.19. The number of carbonyl (C=O) groups is 1.